The van der Waals surface area contributed by atoms with E-state index in [1.807, 2.05) is 16.8 Å². The predicted molar refractivity (Wildman–Crippen MR) is 140 cm³/mol. The highest BCUT2D eigenvalue weighted by Gasteiger charge is 2.32. The van der Waals surface area contributed by atoms with Crippen LogP contribution < -0.4 is 15.1 Å². The van der Waals surface area contributed by atoms with Gasteiger partial charge in [0.2, 0.25) is 11.9 Å². The Hall–Kier alpha value is -3.84. The summed E-state index contributed by atoms with van der Waals surface area (Å²) in [5, 5.41) is 2.69. The number of anilines is 3. The molecule has 13 heteroatoms. The van der Waals surface area contributed by atoms with E-state index in [1.165, 1.54) is 24.5 Å². The number of likely N-dealkylation sites (N-methyl/N-ethyl adjacent to an activating group) is 1. The van der Waals surface area contributed by atoms with Gasteiger partial charge in [0.15, 0.2) is 0 Å². The zero-order valence-electron chi connectivity index (χ0n) is 21.3. The lowest BCUT2D eigenvalue weighted by Crippen LogP contribution is -2.45. The molecule has 1 atom stereocenters. The quantitative estimate of drug-likeness (QED) is 0.592. The number of hydrogen-bond donors (Lipinski definition) is 1. The van der Waals surface area contributed by atoms with E-state index in [9.17, 15) is 18.4 Å². The number of carbonyl (C=O) groups excluding carboxylic acids is 2. The number of halogens is 3. The highest BCUT2D eigenvalue weighted by molar-refractivity contribution is 6.11. The Labute approximate surface area is 223 Å². The van der Waals surface area contributed by atoms with E-state index in [1.54, 1.807) is 0 Å². The number of carbonyl (C=O) groups is 2. The molecular weight excluding hydrogens is 515 g/mol. The van der Waals surface area contributed by atoms with Crippen molar-refractivity contribution >= 4 is 35.4 Å². The van der Waals surface area contributed by atoms with Crippen molar-refractivity contribution in [2.24, 2.45) is 10.9 Å². The second-order valence-corrected chi connectivity index (χ2v) is 9.54. The Bertz CT molecular complexity index is 1290. The standard InChI is InChI=1S/C26H28F3N7O3/c1-34-2-4-35(5-3-34)22-12-20(27)17(16-13-31-26(32-14-16)36-6-8-39-9-7-36)10-21(22)33-25(38)19-15-30-23(37)11-18(19)24(28)29/h10-15,19,24H,2-9H2,1H3,(H,33,38). The summed E-state index contributed by atoms with van der Waals surface area (Å²) < 4.78 is 48.1. The average molecular weight is 544 g/mol. The number of ether oxygens (including phenoxy) is 1. The van der Waals surface area contributed by atoms with E-state index in [2.05, 4.69) is 25.2 Å². The Morgan fingerprint density at radius 1 is 1.05 bits per heavy atom. The van der Waals surface area contributed by atoms with Gasteiger partial charge in [0.25, 0.3) is 12.3 Å². The molecule has 1 unspecified atom stereocenters. The molecule has 0 spiro atoms. The van der Waals surface area contributed by atoms with Crippen LogP contribution in [0.2, 0.25) is 0 Å². The first-order valence-electron chi connectivity index (χ1n) is 12.6. The first-order chi connectivity index (χ1) is 18.8. The number of aromatic nitrogens is 2. The normalized spacial score (nSPS) is 20.4. The summed E-state index contributed by atoms with van der Waals surface area (Å²) in [5.74, 6) is -3.13. The zero-order valence-corrected chi connectivity index (χ0v) is 21.3. The van der Waals surface area contributed by atoms with Gasteiger partial charge in [0.05, 0.1) is 24.6 Å². The van der Waals surface area contributed by atoms with Crippen LogP contribution in [0.4, 0.5) is 30.5 Å². The molecule has 10 nitrogen and oxygen atoms in total. The smallest absolute Gasteiger partial charge is 0.269 e. The maximum Gasteiger partial charge on any atom is 0.269 e. The molecule has 1 N–H and O–H groups in total. The zero-order chi connectivity index (χ0) is 27.5. The number of nitrogens with one attached hydrogen (secondary N) is 1. The molecule has 2 amide bonds. The Morgan fingerprint density at radius 2 is 1.74 bits per heavy atom. The van der Waals surface area contributed by atoms with E-state index in [-0.39, 0.29) is 11.3 Å². The number of dihydropyridines is 1. The highest BCUT2D eigenvalue weighted by Crippen LogP contribution is 2.35. The van der Waals surface area contributed by atoms with Gasteiger partial charge in [-0.1, -0.05) is 0 Å². The Morgan fingerprint density at radius 3 is 2.41 bits per heavy atom. The summed E-state index contributed by atoms with van der Waals surface area (Å²) in [7, 11) is 1.98. The van der Waals surface area contributed by atoms with Crippen molar-refractivity contribution in [3.8, 4) is 11.1 Å². The minimum Gasteiger partial charge on any atom is -0.378 e. The molecule has 206 valence electrons. The van der Waals surface area contributed by atoms with E-state index < -0.39 is 35.5 Å². The van der Waals surface area contributed by atoms with Crippen molar-refractivity contribution in [2.75, 3.05) is 74.6 Å². The fraction of sp³-hybridized carbons (Fsp3) is 0.423. The van der Waals surface area contributed by atoms with Crippen LogP contribution in [-0.4, -0.2) is 98.9 Å². The van der Waals surface area contributed by atoms with Crippen LogP contribution in [0.15, 0.2) is 41.2 Å². The van der Waals surface area contributed by atoms with Crippen molar-refractivity contribution in [2.45, 2.75) is 6.43 Å². The first-order valence-corrected chi connectivity index (χ1v) is 12.6. The van der Waals surface area contributed by atoms with Gasteiger partial charge in [-0.05, 0) is 19.2 Å². The number of piperazine rings is 1. The number of benzene rings is 1. The minimum absolute atomic E-state index is 0.147. The lowest BCUT2D eigenvalue weighted by Gasteiger charge is -2.35. The third-order valence-corrected chi connectivity index (χ3v) is 6.96. The van der Waals surface area contributed by atoms with Gasteiger partial charge < -0.3 is 24.8 Å². The third-order valence-electron chi connectivity index (χ3n) is 6.96. The van der Waals surface area contributed by atoms with Gasteiger partial charge in [-0.3, -0.25) is 9.59 Å². The second kappa shape index (κ2) is 11.5. The van der Waals surface area contributed by atoms with Crippen LogP contribution in [0.25, 0.3) is 11.1 Å². The van der Waals surface area contributed by atoms with Gasteiger partial charge in [0, 0.05) is 80.7 Å². The van der Waals surface area contributed by atoms with E-state index in [0.717, 1.165) is 19.3 Å². The largest absolute Gasteiger partial charge is 0.378 e. The highest BCUT2D eigenvalue weighted by atomic mass is 19.3. The van der Waals surface area contributed by atoms with Gasteiger partial charge in [-0.2, -0.15) is 0 Å². The molecule has 0 bridgehead atoms. The minimum atomic E-state index is -3.01. The molecule has 2 fully saturated rings. The van der Waals surface area contributed by atoms with Gasteiger partial charge in [0.1, 0.15) is 11.7 Å². The molecular formula is C26H28F3N7O3. The fourth-order valence-corrected chi connectivity index (χ4v) is 4.71. The van der Waals surface area contributed by atoms with Crippen molar-refractivity contribution in [3.05, 3.63) is 42.0 Å². The molecule has 4 heterocycles. The van der Waals surface area contributed by atoms with Crippen molar-refractivity contribution < 1.29 is 27.5 Å². The van der Waals surface area contributed by atoms with Crippen LogP contribution in [0.3, 0.4) is 0 Å². The molecule has 39 heavy (non-hydrogen) atoms. The number of rotatable bonds is 6. The number of aliphatic imine (C=N–C) groups is 1. The Balaban J connectivity index is 1.47. The van der Waals surface area contributed by atoms with E-state index in [4.69, 9.17) is 4.74 Å². The SMILES string of the molecule is CN1CCN(c2cc(F)c(-c3cnc(N4CCOCC4)nc3)cc2NC(=O)C2C=NC(=O)C=C2C(F)F)CC1. The lowest BCUT2D eigenvalue weighted by molar-refractivity contribution is -0.117. The second-order valence-electron chi connectivity index (χ2n) is 9.54. The summed E-state index contributed by atoms with van der Waals surface area (Å²) in [6.07, 6.45) is 1.60. The van der Waals surface area contributed by atoms with Crippen LogP contribution in [-0.2, 0) is 14.3 Å². The molecule has 2 aromatic rings. The van der Waals surface area contributed by atoms with E-state index in [0.29, 0.717) is 62.7 Å². The summed E-state index contributed by atoms with van der Waals surface area (Å²) in [4.78, 5) is 43.0. The summed E-state index contributed by atoms with van der Waals surface area (Å²) in [6, 6.07) is 2.79. The maximum atomic E-state index is 15.5. The van der Waals surface area contributed by atoms with Gasteiger partial charge >= 0.3 is 0 Å². The Kier molecular flexibility index (Phi) is 7.89. The average Bonchev–Trinajstić information content (AvgIpc) is 2.94. The van der Waals surface area contributed by atoms with Gasteiger partial charge in [-0.25, -0.2) is 28.1 Å². The topological polar surface area (TPSA) is 103 Å². The molecule has 2 saturated heterocycles. The van der Waals surface area contributed by atoms with Crippen LogP contribution in [0.1, 0.15) is 0 Å². The number of nitrogens with zero attached hydrogens (tertiary/aromatic N) is 6. The molecule has 3 aliphatic heterocycles. The van der Waals surface area contributed by atoms with Crippen LogP contribution in [0.5, 0.6) is 0 Å². The summed E-state index contributed by atoms with van der Waals surface area (Å²) in [5.41, 5.74) is 0.576. The first kappa shape index (κ1) is 26.8. The van der Waals surface area contributed by atoms with Crippen LogP contribution >= 0.6 is 0 Å². The summed E-state index contributed by atoms with van der Waals surface area (Å²) >= 11 is 0. The number of hydrogen-bond acceptors (Lipinski definition) is 8. The van der Waals surface area contributed by atoms with Crippen LogP contribution in [0, 0.1) is 11.7 Å². The maximum absolute atomic E-state index is 15.5. The number of amides is 2. The molecule has 0 radical (unpaired) electrons. The molecule has 1 aromatic carbocycles. The summed E-state index contributed by atoms with van der Waals surface area (Å²) in [6.45, 7) is 5.04. The van der Waals surface area contributed by atoms with Crippen molar-refractivity contribution in [1.29, 1.82) is 0 Å². The fourth-order valence-electron chi connectivity index (χ4n) is 4.71. The number of alkyl halides is 2. The molecule has 0 saturated carbocycles. The monoisotopic (exact) mass is 543 g/mol. The molecule has 5 rings (SSSR count). The van der Waals surface area contributed by atoms with Crippen molar-refractivity contribution in [1.82, 2.24) is 14.9 Å². The third kappa shape index (κ3) is 5.93. The predicted octanol–water partition coefficient (Wildman–Crippen LogP) is 2.23. The van der Waals surface area contributed by atoms with Gasteiger partial charge in [-0.15, -0.1) is 0 Å². The van der Waals surface area contributed by atoms with Crippen molar-refractivity contribution in [3.63, 3.8) is 0 Å². The van der Waals surface area contributed by atoms with E-state index >= 15 is 4.39 Å². The lowest BCUT2D eigenvalue weighted by atomic mass is 9.96. The molecule has 3 aliphatic rings. The molecule has 1 aromatic heterocycles. The molecule has 0 aliphatic carbocycles. The number of morpholine rings is 1.